The molecule has 0 aliphatic rings. The lowest BCUT2D eigenvalue weighted by Gasteiger charge is -2.17. The van der Waals surface area contributed by atoms with Gasteiger partial charge in [0.2, 0.25) is 10.0 Å². The van der Waals surface area contributed by atoms with Crippen molar-refractivity contribution in [2.24, 2.45) is 0 Å². The molecule has 1 aromatic carbocycles. The summed E-state index contributed by atoms with van der Waals surface area (Å²) < 4.78 is 25.4. The van der Waals surface area contributed by atoms with Gasteiger partial charge in [0.05, 0.1) is 17.8 Å². The highest BCUT2D eigenvalue weighted by molar-refractivity contribution is 7.88. The fraction of sp³-hybridized carbons (Fsp3) is 0.364. The summed E-state index contributed by atoms with van der Waals surface area (Å²) in [6, 6.07) is 7.38. The molecule has 0 fully saturated rings. The molecule has 0 amide bonds. The highest BCUT2D eigenvalue weighted by Crippen LogP contribution is 2.05. The van der Waals surface area contributed by atoms with Gasteiger partial charge < -0.3 is 9.90 Å². The largest absolute Gasteiger partial charge is 0.548 e. The number of benzene rings is 1. The first kappa shape index (κ1) is 13.7. The Balaban J connectivity index is 2.73. The second-order valence-electron chi connectivity index (χ2n) is 3.64. The van der Waals surface area contributed by atoms with Gasteiger partial charge in [-0.1, -0.05) is 37.3 Å². The molecule has 5 nitrogen and oxygen atoms in total. The van der Waals surface area contributed by atoms with Crippen LogP contribution < -0.4 is 9.83 Å². The quantitative estimate of drug-likeness (QED) is 0.752. The standard InChI is InChI=1S/C11H15NO4S/c1-2-10(11(13)14)12-17(15,16)8-9-6-4-3-5-7-9/h3-7,10,12H,2,8H2,1H3,(H,13,14)/p-1. The van der Waals surface area contributed by atoms with E-state index in [1.807, 2.05) is 0 Å². The normalized spacial score (nSPS) is 13.2. The summed E-state index contributed by atoms with van der Waals surface area (Å²) in [5.41, 5.74) is 0.605. The fourth-order valence-electron chi connectivity index (χ4n) is 1.35. The van der Waals surface area contributed by atoms with Crippen LogP contribution in [0.4, 0.5) is 0 Å². The van der Waals surface area contributed by atoms with Crippen LogP contribution >= 0.6 is 0 Å². The molecule has 0 heterocycles. The van der Waals surface area contributed by atoms with Gasteiger partial charge in [0.1, 0.15) is 0 Å². The van der Waals surface area contributed by atoms with E-state index in [9.17, 15) is 18.3 Å². The molecule has 0 spiro atoms. The maximum absolute atomic E-state index is 11.7. The summed E-state index contributed by atoms with van der Waals surface area (Å²) in [5, 5.41) is 10.6. The maximum Gasteiger partial charge on any atom is 0.216 e. The van der Waals surface area contributed by atoms with Crippen molar-refractivity contribution in [1.82, 2.24) is 4.72 Å². The van der Waals surface area contributed by atoms with Gasteiger partial charge in [0.15, 0.2) is 0 Å². The topological polar surface area (TPSA) is 86.3 Å². The van der Waals surface area contributed by atoms with E-state index in [4.69, 9.17) is 0 Å². The van der Waals surface area contributed by atoms with Crippen molar-refractivity contribution in [2.75, 3.05) is 0 Å². The van der Waals surface area contributed by atoms with E-state index < -0.39 is 22.0 Å². The van der Waals surface area contributed by atoms with E-state index in [0.29, 0.717) is 5.56 Å². The Morgan fingerprint density at radius 1 is 1.35 bits per heavy atom. The molecular formula is C11H14NO4S-. The van der Waals surface area contributed by atoms with Crippen molar-refractivity contribution < 1.29 is 18.3 Å². The molecule has 94 valence electrons. The number of hydrogen-bond acceptors (Lipinski definition) is 4. The number of carboxylic acids is 1. The Morgan fingerprint density at radius 3 is 2.41 bits per heavy atom. The third-order valence-corrected chi connectivity index (χ3v) is 3.57. The molecule has 1 N–H and O–H groups in total. The zero-order valence-electron chi connectivity index (χ0n) is 9.42. The van der Waals surface area contributed by atoms with Crippen LogP contribution in [0.25, 0.3) is 0 Å². The molecule has 1 atom stereocenters. The number of rotatable bonds is 6. The third-order valence-electron chi connectivity index (χ3n) is 2.21. The summed E-state index contributed by atoms with van der Waals surface area (Å²) >= 11 is 0. The van der Waals surface area contributed by atoms with E-state index in [1.165, 1.54) is 0 Å². The van der Waals surface area contributed by atoms with E-state index in [1.54, 1.807) is 37.3 Å². The van der Waals surface area contributed by atoms with Crippen molar-refractivity contribution in [3.63, 3.8) is 0 Å². The number of nitrogens with one attached hydrogen (secondary N) is 1. The van der Waals surface area contributed by atoms with Gasteiger partial charge in [0, 0.05) is 0 Å². The highest BCUT2D eigenvalue weighted by atomic mass is 32.2. The molecule has 0 saturated heterocycles. The number of carboxylic acid groups (broad SMARTS) is 1. The molecule has 1 rings (SSSR count). The summed E-state index contributed by atoms with van der Waals surface area (Å²) in [7, 11) is -3.66. The molecule has 1 aromatic rings. The third kappa shape index (κ3) is 4.54. The van der Waals surface area contributed by atoms with Crippen LogP contribution in [0.1, 0.15) is 18.9 Å². The van der Waals surface area contributed by atoms with Gasteiger partial charge in [-0.3, -0.25) is 0 Å². The second-order valence-corrected chi connectivity index (χ2v) is 5.40. The van der Waals surface area contributed by atoms with Crippen molar-refractivity contribution in [2.45, 2.75) is 25.1 Å². The average Bonchev–Trinajstić information content (AvgIpc) is 2.26. The van der Waals surface area contributed by atoms with Crippen LogP contribution in [0.15, 0.2) is 30.3 Å². The Labute approximate surface area is 101 Å². The summed E-state index contributed by atoms with van der Waals surface area (Å²) in [5.74, 6) is -1.65. The van der Waals surface area contributed by atoms with Gasteiger partial charge in [-0.25, -0.2) is 13.1 Å². The van der Waals surface area contributed by atoms with E-state index in [0.717, 1.165) is 0 Å². The summed E-state index contributed by atoms with van der Waals surface area (Å²) in [4.78, 5) is 10.6. The van der Waals surface area contributed by atoms with Crippen LogP contribution in [0, 0.1) is 0 Å². The van der Waals surface area contributed by atoms with Gasteiger partial charge in [0.25, 0.3) is 0 Å². The van der Waals surface area contributed by atoms with Crippen molar-refractivity contribution >= 4 is 16.0 Å². The maximum atomic E-state index is 11.7. The molecule has 1 unspecified atom stereocenters. The molecule has 0 bridgehead atoms. The number of aliphatic carboxylic acids is 1. The fourth-order valence-corrected chi connectivity index (χ4v) is 2.76. The molecule has 17 heavy (non-hydrogen) atoms. The monoisotopic (exact) mass is 256 g/mol. The number of carbonyl (C=O) groups excluding carboxylic acids is 1. The Hall–Kier alpha value is -1.40. The number of carbonyl (C=O) groups is 1. The van der Waals surface area contributed by atoms with Crippen molar-refractivity contribution in [1.29, 1.82) is 0 Å². The van der Waals surface area contributed by atoms with E-state index in [2.05, 4.69) is 4.72 Å². The Morgan fingerprint density at radius 2 is 1.94 bits per heavy atom. The minimum atomic E-state index is -3.66. The predicted octanol–water partition coefficient (Wildman–Crippen LogP) is -0.365. The van der Waals surface area contributed by atoms with Crippen LogP contribution in [-0.4, -0.2) is 20.4 Å². The van der Waals surface area contributed by atoms with Crippen LogP contribution in [0.3, 0.4) is 0 Å². The highest BCUT2D eigenvalue weighted by Gasteiger charge is 2.17. The Kier molecular flexibility index (Phi) is 4.65. The first-order valence-corrected chi connectivity index (χ1v) is 6.84. The SMILES string of the molecule is CCC(NS(=O)(=O)Cc1ccccc1)C(=O)[O-]. The number of hydrogen-bond donors (Lipinski definition) is 1. The van der Waals surface area contributed by atoms with Crippen molar-refractivity contribution in [3.8, 4) is 0 Å². The smallest absolute Gasteiger partial charge is 0.216 e. The lowest BCUT2D eigenvalue weighted by atomic mass is 10.2. The minimum Gasteiger partial charge on any atom is -0.548 e. The van der Waals surface area contributed by atoms with Gasteiger partial charge in [-0.2, -0.15) is 0 Å². The minimum absolute atomic E-state index is 0.149. The average molecular weight is 256 g/mol. The molecule has 0 radical (unpaired) electrons. The first-order chi connectivity index (χ1) is 7.94. The summed E-state index contributed by atoms with van der Waals surface area (Å²) in [6.45, 7) is 1.57. The lowest BCUT2D eigenvalue weighted by Crippen LogP contribution is -2.47. The predicted molar refractivity (Wildman–Crippen MR) is 61.3 cm³/mol. The summed E-state index contributed by atoms with van der Waals surface area (Å²) in [6.07, 6.45) is 0.149. The molecule has 6 heteroatoms. The van der Waals surface area contributed by atoms with Crippen LogP contribution in [-0.2, 0) is 20.6 Å². The van der Waals surface area contributed by atoms with Gasteiger partial charge >= 0.3 is 0 Å². The first-order valence-electron chi connectivity index (χ1n) is 5.19. The van der Waals surface area contributed by atoms with Gasteiger partial charge in [-0.05, 0) is 12.0 Å². The molecule has 0 aliphatic carbocycles. The Bertz CT molecular complexity index is 470. The van der Waals surface area contributed by atoms with E-state index >= 15 is 0 Å². The number of sulfonamides is 1. The second kappa shape index (κ2) is 5.79. The van der Waals surface area contributed by atoms with Crippen LogP contribution in [0.5, 0.6) is 0 Å². The zero-order valence-corrected chi connectivity index (χ0v) is 10.2. The van der Waals surface area contributed by atoms with Crippen LogP contribution in [0.2, 0.25) is 0 Å². The molecule has 0 saturated carbocycles. The zero-order chi connectivity index (χ0) is 12.9. The van der Waals surface area contributed by atoms with Gasteiger partial charge in [-0.15, -0.1) is 0 Å². The van der Waals surface area contributed by atoms with Crippen molar-refractivity contribution in [3.05, 3.63) is 35.9 Å². The molecular weight excluding hydrogens is 242 g/mol. The molecule has 0 aliphatic heterocycles. The molecule has 0 aromatic heterocycles. The van der Waals surface area contributed by atoms with E-state index in [-0.39, 0.29) is 12.2 Å². The lowest BCUT2D eigenvalue weighted by molar-refractivity contribution is -0.308.